The van der Waals surface area contributed by atoms with Crippen molar-refractivity contribution < 1.29 is 12.9 Å². The summed E-state index contributed by atoms with van der Waals surface area (Å²) in [4.78, 5) is 5.27. The molecule has 4 rings (SSSR count). The van der Waals surface area contributed by atoms with Crippen molar-refractivity contribution in [2.45, 2.75) is 36.3 Å². The fourth-order valence-electron chi connectivity index (χ4n) is 2.72. The molecule has 4 heterocycles. The monoisotopic (exact) mass is 396 g/mol. The Labute approximate surface area is 153 Å². The van der Waals surface area contributed by atoms with Gasteiger partial charge in [-0.05, 0) is 26.0 Å². The number of thioether (sulfide) groups is 1. The van der Waals surface area contributed by atoms with Gasteiger partial charge in [0.2, 0.25) is 10.0 Å². The summed E-state index contributed by atoms with van der Waals surface area (Å²) in [6, 6.07) is 3.39. The van der Waals surface area contributed by atoms with Crippen molar-refractivity contribution in [3.05, 3.63) is 35.5 Å². The molecule has 132 valence electrons. The molecule has 25 heavy (non-hydrogen) atoms. The third-order valence-electron chi connectivity index (χ3n) is 3.92. The van der Waals surface area contributed by atoms with Crippen LogP contribution in [-0.4, -0.2) is 28.9 Å². The molecule has 0 saturated carbocycles. The number of hydrogen-bond donors (Lipinski definition) is 1. The van der Waals surface area contributed by atoms with Gasteiger partial charge in [-0.15, -0.1) is 11.3 Å². The summed E-state index contributed by atoms with van der Waals surface area (Å²) in [5.41, 5.74) is 2.34. The Morgan fingerprint density at radius 1 is 1.36 bits per heavy atom. The second-order valence-corrected chi connectivity index (χ2v) is 9.84. The van der Waals surface area contributed by atoms with Crippen molar-refractivity contribution in [1.29, 1.82) is 0 Å². The normalized spacial score (nSPS) is 14.2. The molecule has 1 N–H and O–H groups in total. The van der Waals surface area contributed by atoms with Crippen LogP contribution in [0, 0.1) is 13.8 Å². The summed E-state index contributed by atoms with van der Waals surface area (Å²) in [7, 11) is -3.59. The minimum absolute atomic E-state index is 0.182. The van der Waals surface area contributed by atoms with Crippen LogP contribution in [0.2, 0.25) is 0 Å². The minimum atomic E-state index is -3.59. The molecule has 0 spiro atoms. The number of rotatable bonds is 5. The molecule has 0 radical (unpaired) electrons. The Kier molecular flexibility index (Phi) is 4.22. The van der Waals surface area contributed by atoms with E-state index >= 15 is 0 Å². The first-order valence-corrected chi connectivity index (χ1v) is 10.9. The average Bonchev–Trinajstić information content (AvgIpc) is 3.29. The average molecular weight is 397 g/mol. The van der Waals surface area contributed by atoms with Gasteiger partial charge in [0.05, 0.1) is 23.5 Å². The topological polar surface area (TPSA) is 90.0 Å². The van der Waals surface area contributed by atoms with Crippen LogP contribution in [-0.2, 0) is 23.1 Å². The zero-order valence-electron chi connectivity index (χ0n) is 13.6. The molecule has 3 aromatic rings. The number of thiophene rings is 1. The van der Waals surface area contributed by atoms with Crippen molar-refractivity contribution in [3.63, 3.8) is 0 Å². The van der Waals surface area contributed by atoms with E-state index in [0.29, 0.717) is 5.76 Å². The molecular formula is C15H16N4O3S3. The second kappa shape index (κ2) is 6.27. The molecule has 0 aliphatic carbocycles. The first-order chi connectivity index (χ1) is 11.9. The van der Waals surface area contributed by atoms with Crippen LogP contribution in [0.5, 0.6) is 0 Å². The number of nitrogens with one attached hydrogen (secondary N) is 1. The highest BCUT2D eigenvalue weighted by Crippen LogP contribution is 2.34. The SMILES string of the molecule is Cc1noc(C)c1-c1ccc(S(=O)(=O)NCc2cn3c(n2)SCC3)s1. The van der Waals surface area contributed by atoms with Gasteiger partial charge in [0.1, 0.15) is 9.97 Å². The lowest BCUT2D eigenvalue weighted by Crippen LogP contribution is -2.22. The molecule has 0 saturated heterocycles. The van der Waals surface area contributed by atoms with Crippen molar-refractivity contribution in [3.8, 4) is 10.4 Å². The Hall–Kier alpha value is -1.62. The van der Waals surface area contributed by atoms with Crippen LogP contribution in [0.15, 0.2) is 32.2 Å². The molecule has 10 heteroatoms. The lowest BCUT2D eigenvalue weighted by atomic mass is 10.2. The van der Waals surface area contributed by atoms with Gasteiger partial charge in [0.25, 0.3) is 0 Å². The minimum Gasteiger partial charge on any atom is -0.361 e. The van der Waals surface area contributed by atoms with Gasteiger partial charge in [-0.3, -0.25) is 0 Å². The largest absolute Gasteiger partial charge is 0.361 e. The van der Waals surface area contributed by atoms with Gasteiger partial charge in [-0.1, -0.05) is 16.9 Å². The van der Waals surface area contributed by atoms with Gasteiger partial charge in [-0.25, -0.2) is 18.1 Å². The Morgan fingerprint density at radius 2 is 2.20 bits per heavy atom. The first-order valence-electron chi connectivity index (χ1n) is 7.65. The Morgan fingerprint density at radius 3 is 2.92 bits per heavy atom. The number of fused-ring (bicyclic) bond motifs is 1. The van der Waals surface area contributed by atoms with Crippen LogP contribution >= 0.6 is 23.1 Å². The lowest BCUT2D eigenvalue weighted by molar-refractivity contribution is 0.393. The van der Waals surface area contributed by atoms with Crippen LogP contribution in [0.25, 0.3) is 10.4 Å². The summed E-state index contributed by atoms with van der Waals surface area (Å²) >= 11 is 2.89. The number of imidazole rings is 1. The molecule has 0 amide bonds. The highest BCUT2D eigenvalue weighted by atomic mass is 32.2. The molecular weight excluding hydrogens is 380 g/mol. The third kappa shape index (κ3) is 3.14. The summed E-state index contributed by atoms with van der Waals surface area (Å²) in [6.07, 6.45) is 1.90. The maximum Gasteiger partial charge on any atom is 0.250 e. The van der Waals surface area contributed by atoms with Crippen molar-refractivity contribution in [2.24, 2.45) is 0 Å². The van der Waals surface area contributed by atoms with E-state index in [0.717, 1.165) is 39.3 Å². The molecule has 0 fully saturated rings. The van der Waals surface area contributed by atoms with Crippen LogP contribution < -0.4 is 4.72 Å². The van der Waals surface area contributed by atoms with Crippen molar-refractivity contribution in [1.82, 2.24) is 19.4 Å². The van der Waals surface area contributed by atoms with Crippen LogP contribution in [0.3, 0.4) is 0 Å². The number of sulfonamides is 1. The molecule has 7 nitrogen and oxygen atoms in total. The zero-order chi connectivity index (χ0) is 17.6. The molecule has 1 aliphatic heterocycles. The fourth-order valence-corrected chi connectivity index (χ4v) is 6.18. The number of aromatic nitrogens is 3. The van der Waals surface area contributed by atoms with Gasteiger partial charge in [0.15, 0.2) is 5.16 Å². The molecule has 3 aromatic heterocycles. The summed E-state index contributed by atoms with van der Waals surface area (Å²) < 4.78 is 35.2. The number of nitrogens with zero attached hydrogens (tertiary/aromatic N) is 3. The summed E-state index contributed by atoms with van der Waals surface area (Å²) in [5.74, 6) is 1.70. The maximum absolute atomic E-state index is 12.6. The standard InChI is InChI=1S/C15H16N4O3S3/c1-9-14(10(2)22-18-9)12-3-4-13(24-12)25(20,21)16-7-11-8-19-5-6-23-15(19)17-11/h3-4,8,16H,5-7H2,1-2H3. The maximum atomic E-state index is 12.6. The van der Waals surface area contributed by atoms with Crippen LogP contribution in [0.4, 0.5) is 0 Å². The van der Waals surface area contributed by atoms with E-state index in [-0.39, 0.29) is 10.8 Å². The van der Waals surface area contributed by atoms with E-state index in [1.54, 1.807) is 23.9 Å². The summed E-state index contributed by atoms with van der Waals surface area (Å²) in [5, 5.41) is 4.87. The smallest absolute Gasteiger partial charge is 0.250 e. The first kappa shape index (κ1) is 16.8. The predicted octanol–water partition coefficient (Wildman–Crippen LogP) is 2.80. The number of hydrogen-bond acceptors (Lipinski definition) is 7. The van der Waals surface area contributed by atoms with Crippen LogP contribution in [0.1, 0.15) is 17.1 Å². The Bertz CT molecular complexity index is 992. The second-order valence-electron chi connectivity index (χ2n) is 5.70. The molecule has 0 aromatic carbocycles. The third-order valence-corrected chi connectivity index (χ3v) is 7.89. The molecule has 0 atom stereocenters. The molecule has 1 aliphatic rings. The lowest BCUT2D eigenvalue weighted by Gasteiger charge is -2.02. The van der Waals surface area contributed by atoms with Crippen molar-refractivity contribution >= 4 is 33.1 Å². The highest BCUT2D eigenvalue weighted by Gasteiger charge is 2.21. The van der Waals surface area contributed by atoms with E-state index in [1.807, 2.05) is 20.0 Å². The van der Waals surface area contributed by atoms with Gasteiger partial charge in [0, 0.05) is 23.4 Å². The molecule has 0 bridgehead atoms. The van der Waals surface area contributed by atoms with E-state index in [1.165, 1.54) is 11.3 Å². The molecule has 0 unspecified atom stereocenters. The van der Waals surface area contributed by atoms with Gasteiger partial charge in [-0.2, -0.15) is 0 Å². The van der Waals surface area contributed by atoms with Crippen molar-refractivity contribution in [2.75, 3.05) is 5.75 Å². The van der Waals surface area contributed by atoms with Gasteiger partial charge < -0.3 is 9.09 Å². The van der Waals surface area contributed by atoms with Gasteiger partial charge >= 0.3 is 0 Å². The predicted molar refractivity (Wildman–Crippen MR) is 96.3 cm³/mol. The fraction of sp³-hybridized carbons (Fsp3) is 0.333. The summed E-state index contributed by atoms with van der Waals surface area (Å²) in [6.45, 7) is 4.76. The van der Waals surface area contributed by atoms with E-state index in [2.05, 4.69) is 19.4 Å². The quantitative estimate of drug-likeness (QED) is 0.713. The number of aryl methyl sites for hydroxylation is 3. The van der Waals surface area contributed by atoms with E-state index < -0.39 is 10.0 Å². The zero-order valence-corrected chi connectivity index (χ0v) is 16.1. The Balaban J connectivity index is 1.52. The van der Waals surface area contributed by atoms with E-state index in [9.17, 15) is 8.42 Å². The van der Waals surface area contributed by atoms with E-state index in [4.69, 9.17) is 4.52 Å². The highest BCUT2D eigenvalue weighted by molar-refractivity contribution is 7.99.